The average molecular weight is 369 g/mol. The summed E-state index contributed by atoms with van der Waals surface area (Å²) in [6, 6.07) is 12.3. The molecule has 0 saturated heterocycles. The minimum absolute atomic E-state index is 0.104. The third kappa shape index (κ3) is 4.30. The van der Waals surface area contributed by atoms with E-state index in [0.717, 1.165) is 5.56 Å². The smallest absolute Gasteiger partial charge is 0.356 e. The van der Waals surface area contributed by atoms with E-state index in [2.05, 4.69) is 10.4 Å². The van der Waals surface area contributed by atoms with Crippen molar-refractivity contribution in [1.29, 1.82) is 0 Å². The van der Waals surface area contributed by atoms with Gasteiger partial charge in [0.25, 0.3) is 5.91 Å². The molecule has 138 valence electrons. The van der Waals surface area contributed by atoms with Crippen LogP contribution in [0.1, 0.15) is 26.4 Å². The van der Waals surface area contributed by atoms with Gasteiger partial charge in [0, 0.05) is 12.6 Å². The number of anilines is 1. The second kappa shape index (κ2) is 7.69. The molecule has 0 fully saturated rings. The lowest BCUT2D eigenvalue weighted by atomic mass is 10.1. The molecular formula is C19H16FN3O4. The van der Waals surface area contributed by atoms with Gasteiger partial charge in [0.05, 0.1) is 11.9 Å². The van der Waals surface area contributed by atoms with Crippen molar-refractivity contribution >= 4 is 17.6 Å². The molecule has 2 aromatic carbocycles. The fraction of sp³-hybridized carbons (Fsp3) is 0.105. The molecule has 27 heavy (non-hydrogen) atoms. The first-order chi connectivity index (χ1) is 12.9. The Morgan fingerprint density at radius 3 is 2.44 bits per heavy atom. The van der Waals surface area contributed by atoms with Crippen LogP contribution in [-0.2, 0) is 13.7 Å². The number of rotatable bonds is 6. The van der Waals surface area contributed by atoms with Crippen LogP contribution in [-0.4, -0.2) is 26.8 Å². The Kier molecular flexibility index (Phi) is 5.16. The lowest BCUT2D eigenvalue weighted by Gasteiger charge is -2.08. The monoisotopic (exact) mass is 369 g/mol. The normalized spacial score (nSPS) is 10.4. The highest BCUT2D eigenvalue weighted by molar-refractivity contribution is 6.07. The lowest BCUT2D eigenvalue weighted by Crippen LogP contribution is -2.15. The second-order valence-electron chi connectivity index (χ2n) is 5.73. The number of hydrogen-bond donors (Lipinski definition) is 2. The van der Waals surface area contributed by atoms with Crippen molar-refractivity contribution in [1.82, 2.24) is 9.78 Å². The van der Waals surface area contributed by atoms with E-state index < -0.39 is 11.9 Å². The van der Waals surface area contributed by atoms with Crippen LogP contribution in [0, 0.1) is 5.82 Å². The van der Waals surface area contributed by atoms with E-state index in [1.165, 1.54) is 42.2 Å². The Morgan fingerprint density at radius 2 is 1.81 bits per heavy atom. The van der Waals surface area contributed by atoms with Crippen molar-refractivity contribution in [2.75, 3.05) is 5.32 Å². The number of aryl methyl sites for hydroxylation is 1. The molecule has 0 atom stereocenters. The number of ether oxygens (including phenoxy) is 1. The molecule has 0 aliphatic carbocycles. The molecule has 0 saturated carbocycles. The van der Waals surface area contributed by atoms with Crippen LogP contribution in [0.4, 0.5) is 10.1 Å². The number of carbonyl (C=O) groups is 2. The number of aromatic carboxylic acids is 1. The van der Waals surface area contributed by atoms with Crippen LogP contribution in [0.25, 0.3) is 0 Å². The molecule has 0 spiro atoms. The quantitative estimate of drug-likeness (QED) is 0.696. The second-order valence-corrected chi connectivity index (χ2v) is 5.73. The van der Waals surface area contributed by atoms with E-state index in [1.807, 2.05) is 0 Å². The van der Waals surface area contributed by atoms with E-state index in [-0.39, 0.29) is 23.8 Å². The number of nitrogens with one attached hydrogen (secondary N) is 1. The molecule has 7 nitrogen and oxygen atoms in total. The molecule has 1 heterocycles. The van der Waals surface area contributed by atoms with Gasteiger partial charge in [-0.05, 0) is 42.0 Å². The number of carboxylic acid groups (broad SMARTS) is 1. The Morgan fingerprint density at radius 1 is 1.15 bits per heavy atom. The van der Waals surface area contributed by atoms with Crippen molar-refractivity contribution in [3.8, 4) is 5.75 Å². The Balaban J connectivity index is 1.63. The maximum absolute atomic E-state index is 12.9. The summed E-state index contributed by atoms with van der Waals surface area (Å²) >= 11 is 0. The van der Waals surface area contributed by atoms with Gasteiger partial charge in [0.15, 0.2) is 5.69 Å². The standard InChI is InChI=1S/C19H16FN3O4/c1-23-17(19(25)26)16(10-21-23)22-18(24)13-4-2-12(3-5-13)11-27-15-8-6-14(20)7-9-15/h2-10H,11H2,1H3,(H,22,24)(H,25,26). The minimum atomic E-state index is -1.18. The molecule has 1 amide bonds. The van der Waals surface area contributed by atoms with E-state index in [1.54, 1.807) is 24.3 Å². The number of benzene rings is 2. The molecule has 3 rings (SSSR count). The van der Waals surface area contributed by atoms with Gasteiger partial charge in [-0.2, -0.15) is 5.10 Å². The average Bonchev–Trinajstić information content (AvgIpc) is 3.02. The number of amides is 1. The van der Waals surface area contributed by atoms with E-state index in [4.69, 9.17) is 4.74 Å². The van der Waals surface area contributed by atoms with Gasteiger partial charge in [-0.25, -0.2) is 9.18 Å². The Labute approximate surface area is 154 Å². The van der Waals surface area contributed by atoms with Gasteiger partial charge in [0.2, 0.25) is 0 Å². The van der Waals surface area contributed by atoms with E-state index in [0.29, 0.717) is 11.3 Å². The van der Waals surface area contributed by atoms with Crippen LogP contribution >= 0.6 is 0 Å². The highest BCUT2D eigenvalue weighted by Gasteiger charge is 2.18. The van der Waals surface area contributed by atoms with Crippen LogP contribution in [0.2, 0.25) is 0 Å². The fourth-order valence-corrected chi connectivity index (χ4v) is 2.43. The molecule has 8 heteroatoms. The summed E-state index contributed by atoms with van der Waals surface area (Å²) < 4.78 is 19.6. The predicted molar refractivity (Wildman–Crippen MR) is 95.3 cm³/mol. The van der Waals surface area contributed by atoms with Crippen molar-refractivity contribution in [2.24, 2.45) is 7.05 Å². The first-order valence-corrected chi connectivity index (χ1v) is 7.98. The van der Waals surface area contributed by atoms with Crippen molar-refractivity contribution in [2.45, 2.75) is 6.61 Å². The molecule has 0 unspecified atom stereocenters. The summed E-state index contributed by atoms with van der Waals surface area (Å²) in [5.41, 5.74) is 1.20. The zero-order valence-electron chi connectivity index (χ0n) is 14.3. The van der Waals surface area contributed by atoms with Gasteiger partial charge < -0.3 is 15.2 Å². The highest BCUT2D eigenvalue weighted by atomic mass is 19.1. The van der Waals surface area contributed by atoms with Crippen LogP contribution < -0.4 is 10.1 Å². The summed E-state index contributed by atoms with van der Waals surface area (Å²) in [6.45, 7) is 0.263. The predicted octanol–water partition coefficient (Wildman–Crippen LogP) is 3.09. The molecule has 1 aromatic heterocycles. The molecule has 0 aliphatic heterocycles. The minimum Gasteiger partial charge on any atom is -0.489 e. The maximum Gasteiger partial charge on any atom is 0.356 e. The fourth-order valence-electron chi connectivity index (χ4n) is 2.43. The third-order valence-corrected chi connectivity index (χ3v) is 3.82. The van der Waals surface area contributed by atoms with E-state index in [9.17, 15) is 19.1 Å². The Bertz CT molecular complexity index is 966. The summed E-state index contributed by atoms with van der Waals surface area (Å²) in [4.78, 5) is 23.5. The number of carbonyl (C=O) groups excluding carboxylic acids is 1. The van der Waals surface area contributed by atoms with E-state index >= 15 is 0 Å². The highest BCUT2D eigenvalue weighted by Crippen LogP contribution is 2.17. The van der Waals surface area contributed by atoms with Crippen LogP contribution in [0.15, 0.2) is 54.7 Å². The molecule has 3 aromatic rings. The van der Waals surface area contributed by atoms with Crippen molar-refractivity contribution in [3.63, 3.8) is 0 Å². The summed E-state index contributed by atoms with van der Waals surface area (Å²) in [5.74, 6) is -1.43. The maximum atomic E-state index is 12.9. The number of nitrogens with zero attached hydrogens (tertiary/aromatic N) is 2. The van der Waals surface area contributed by atoms with Gasteiger partial charge >= 0.3 is 5.97 Å². The van der Waals surface area contributed by atoms with Crippen molar-refractivity contribution in [3.05, 3.63) is 77.4 Å². The zero-order chi connectivity index (χ0) is 19.4. The van der Waals surface area contributed by atoms with Crippen LogP contribution in [0.3, 0.4) is 0 Å². The Hall–Kier alpha value is -3.68. The zero-order valence-corrected chi connectivity index (χ0v) is 14.3. The molecule has 2 N–H and O–H groups in total. The van der Waals surface area contributed by atoms with Crippen LogP contribution in [0.5, 0.6) is 5.75 Å². The molecule has 0 aliphatic rings. The third-order valence-electron chi connectivity index (χ3n) is 3.82. The number of aromatic nitrogens is 2. The largest absolute Gasteiger partial charge is 0.489 e. The number of halogens is 1. The van der Waals surface area contributed by atoms with Crippen molar-refractivity contribution < 1.29 is 23.8 Å². The van der Waals surface area contributed by atoms with Gasteiger partial charge in [-0.15, -0.1) is 0 Å². The molecular weight excluding hydrogens is 353 g/mol. The van der Waals surface area contributed by atoms with Gasteiger partial charge in [0.1, 0.15) is 18.2 Å². The first kappa shape index (κ1) is 18.1. The van der Waals surface area contributed by atoms with Gasteiger partial charge in [-0.3, -0.25) is 9.48 Å². The molecule has 0 bridgehead atoms. The SMILES string of the molecule is Cn1ncc(NC(=O)c2ccc(COc3ccc(F)cc3)cc2)c1C(=O)O. The number of carboxylic acids is 1. The van der Waals surface area contributed by atoms with Gasteiger partial charge in [-0.1, -0.05) is 12.1 Å². The topological polar surface area (TPSA) is 93.5 Å². The summed E-state index contributed by atoms with van der Waals surface area (Å²) in [7, 11) is 1.48. The first-order valence-electron chi connectivity index (χ1n) is 7.98. The summed E-state index contributed by atoms with van der Waals surface area (Å²) in [6.07, 6.45) is 1.28. The lowest BCUT2D eigenvalue weighted by molar-refractivity contribution is 0.0686. The number of hydrogen-bond acceptors (Lipinski definition) is 4. The summed E-state index contributed by atoms with van der Waals surface area (Å²) in [5, 5.41) is 15.6. The molecule has 0 radical (unpaired) electrons.